The third kappa shape index (κ3) is 6.20. The molecule has 0 unspecified atom stereocenters. The first-order chi connectivity index (χ1) is 7.65. The van der Waals surface area contributed by atoms with Crippen LogP contribution in [0.25, 0.3) is 0 Å². The number of nitrogens with one attached hydrogen (secondary N) is 1. The van der Waals surface area contributed by atoms with Crippen LogP contribution in [-0.4, -0.2) is 18.5 Å². The molecule has 0 spiro atoms. The van der Waals surface area contributed by atoms with Gasteiger partial charge in [0, 0.05) is 6.54 Å². The second-order valence-corrected chi connectivity index (χ2v) is 3.73. The quantitative estimate of drug-likeness (QED) is 0.612. The molecule has 1 atom stereocenters. The van der Waals surface area contributed by atoms with Crippen LogP contribution in [0.2, 0.25) is 0 Å². The molecule has 0 aliphatic rings. The van der Waals surface area contributed by atoms with Crippen LogP contribution in [0.1, 0.15) is 39.5 Å². The topological polar surface area (TPSA) is 78.9 Å². The highest BCUT2D eigenvalue weighted by atomic mass is 16.1. The largest absolute Gasteiger partial charge is 0.368 e. The zero-order chi connectivity index (χ0) is 12.4. The van der Waals surface area contributed by atoms with Crippen LogP contribution in [0.15, 0.2) is 11.6 Å². The molecule has 16 heavy (non-hydrogen) atoms. The lowest BCUT2D eigenvalue weighted by atomic mass is 10.1. The number of carbonyl (C=O) groups is 1. The predicted molar refractivity (Wildman–Crippen MR) is 64.5 cm³/mol. The fraction of sp³-hybridized carbons (Fsp3) is 0.667. The number of nitriles is 1. The van der Waals surface area contributed by atoms with Crippen molar-refractivity contribution in [1.82, 2.24) is 5.32 Å². The third-order valence-corrected chi connectivity index (χ3v) is 2.36. The summed E-state index contributed by atoms with van der Waals surface area (Å²) in [6, 6.07) is 1.82. The zero-order valence-corrected chi connectivity index (χ0v) is 10.1. The van der Waals surface area contributed by atoms with Gasteiger partial charge in [0.05, 0.1) is 18.5 Å². The maximum atomic E-state index is 11.0. The molecule has 0 rings (SSSR count). The van der Waals surface area contributed by atoms with E-state index in [1.807, 2.05) is 6.92 Å². The van der Waals surface area contributed by atoms with Gasteiger partial charge in [0.1, 0.15) is 0 Å². The summed E-state index contributed by atoms with van der Waals surface area (Å²) in [4.78, 5) is 11.0. The van der Waals surface area contributed by atoms with E-state index in [-0.39, 0.29) is 11.9 Å². The van der Waals surface area contributed by atoms with Gasteiger partial charge in [-0.2, -0.15) is 5.26 Å². The monoisotopic (exact) mass is 223 g/mol. The minimum absolute atomic E-state index is 0.302. The van der Waals surface area contributed by atoms with Crippen molar-refractivity contribution in [2.75, 3.05) is 6.54 Å². The number of primary amides is 1. The average Bonchev–Trinajstić information content (AvgIpc) is 2.26. The minimum Gasteiger partial charge on any atom is -0.368 e. The van der Waals surface area contributed by atoms with Gasteiger partial charge in [-0.1, -0.05) is 26.3 Å². The summed E-state index contributed by atoms with van der Waals surface area (Å²) in [5.74, 6) is -0.339. The van der Waals surface area contributed by atoms with Crippen molar-refractivity contribution in [3.63, 3.8) is 0 Å². The van der Waals surface area contributed by atoms with Crippen molar-refractivity contribution in [3.8, 4) is 6.07 Å². The summed E-state index contributed by atoms with van der Waals surface area (Å²) in [7, 11) is 0. The second kappa shape index (κ2) is 8.93. The average molecular weight is 223 g/mol. The lowest BCUT2D eigenvalue weighted by Gasteiger charge is -2.13. The van der Waals surface area contributed by atoms with Crippen molar-refractivity contribution in [1.29, 1.82) is 5.26 Å². The maximum absolute atomic E-state index is 11.0. The molecule has 0 aromatic rings. The minimum atomic E-state index is -0.339. The predicted octanol–water partition coefficient (Wildman–Crippen LogP) is 1.48. The van der Waals surface area contributed by atoms with Crippen LogP contribution in [0.4, 0.5) is 0 Å². The van der Waals surface area contributed by atoms with Gasteiger partial charge in [-0.05, 0) is 18.4 Å². The first kappa shape index (κ1) is 14.7. The number of carbonyl (C=O) groups excluding carboxylic acids is 1. The smallest absolute Gasteiger partial charge is 0.234 e. The van der Waals surface area contributed by atoms with E-state index < -0.39 is 0 Å². The molecule has 0 bridgehead atoms. The standard InChI is InChI=1S/C12H21N3O/c1-3-5-6-10(7-8-13)9-15-11(4-2)12(14)16/h6,11,15H,3-5,7,9H2,1-2H3,(H2,14,16)/t11-/m0/s1. The molecule has 0 saturated heterocycles. The summed E-state index contributed by atoms with van der Waals surface area (Å²) < 4.78 is 0. The number of nitrogens with two attached hydrogens (primary N) is 1. The molecule has 0 heterocycles. The molecule has 0 aliphatic carbocycles. The molecule has 4 nitrogen and oxygen atoms in total. The molecule has 90 valence electrons. The van der Waals surface area contributed by atoms with Gasteiger partial charge in [-0.15, -0.1) is 0 Å². The van der Waals surface area contributed by atoms with Gasteiger partial charge in [-0.25, -0.2) is 0 Å². The van der Waals surface area contributed by atoms with Crippen molar-refractivity contribution < 1.29 is 4.79 Å². The molecule has 0 fully saturated rings. The summed E-state index contributed by atoms with van der Waals surface area (Å²) in [6.45, 7) is 4.56. The highest BCUT2D eigenvalue weighted by Crippen LogP contribution is 2.03. The Morgan fingerprint density at radius 3 is 2.69 bits per heavy atom. The Morgan fingerprint density at radius 1 is 1.56 bits per heavy atom. The summed E-state index contributed by atoms with van der Waals surface area (Å²) in [5.41, 5.74) is 6.25. The van der Waals surface area contributed by atoms with Gasteiger partial charge in [0.15, 0.2) is 0 Å². The van der Waals surface area contributed by atoms with Crippen molar-refractivity contribution in [2.24, 2.45) is 5.73 Å². The molecule has 1 amide bonds. The van der Waals surface area contributed by atoms with E-state index in [1.165, 1.54) is 0 Å². The number of hydrogen-bond donors (Lipinski definition) is 2. The van der Waals surface area contributed by atoms with Crippen LogP contribution in [0, 0.1) is 11.3 Å². The summed E-state index contributed by atoms with van der Waals surface area (Å²) >= 11 is 0. The van der Waals surface area contributed by atoms with Gasteiger partial charge in [-0.3, -0.25) is 4.79 Å². The number of unbranched alkanes of at least 4 members (excludes halogenated alkanes) is 1. The van der Waals surface area contributed by atoms with Crippen LogP contribution in [0.5, 0.6) is 0 Å². The summed E-state index contributed by atoms with van der Waals surface area (Å²) in [5, 5.41) is 11.7. The molecular weight excluding hydrogens is 202 g/mol. The SMILES string of the molecule is CCCC=C(CC#N)CN[C@@H](CC)C(N)=O. The van der Waals surface area contributed by atoms with Crippen LogP contribution in [0.3, 0.4) is 0 Å². The highest BCUT2D eigenvalue weighted by Gasteiger charge is 2.11. The van der Waals surface area contributed by atoms with E-state index in [4.69, 9.17) is 11.0 Å². The molecule has 0 aliphatic heterocycles. The first-order valence-corrected chi connectivity index (χ1v) is 5.73. The first-order valence-electron chi connectivity index (χ1n) is 5.73. The van der Waals surface area contributed by atoms with Gasteiger partial charge in [0.2, 0.25) is 5.91 Å². The fourth-order valence-corrected chi connectivity index (χ4v) is 1.36. The Bertz CT molecular complexity index is 278. The van der Waals surface area contributed by atoms with Crippen LogP contribution < -0.4 is 11.1 Å². The van der Waals surface area contributed by atoms with E-state index in [0.717, 1.165) is 18.4 Å². The van der Waals surface area contributed by atoms with E-state index in [2.05, 4.69) is 24.4 Å². The number of allylic oxidation sites excluding steroid dienone is 1. The van der Waals surface area contributed by atoms with Gasteiger partial charge < -0.3 is 11.1 Å². The van der Waals surface area contributed by atoms with Crippen molar-refractivity contribution >= 4 is 5.91 Å². The van der Waals surface area contributed by atoms with Crippen LogP contribution in [-0.2, 0) is 4.79 Å². The summed E-state index contributed by atoms with van der Waals surface area (Å²) in [6.07, 6.45) is 5.16. The van der Waals surface area contributed by atoms with Crippen LogP contribution >= 0.6 is 0 Å². The fourth-order valence-electron chi connectivity index (χ4n) is 1.36. The third-order valence-electron chi connectivity index (χ3n) is 2.36. The van der Waals surface area contributed by atoms with E-state index >= 15 is 0 Å². The lowest BCUT2D eigenvalue weighted by Crippen LogP contribution is -2.41. The maximum Gasteiger partial charge on any atom is 0.234 e. The Labute approximate surface area is 97.5 Å². The molecule has 0 aromatic carbocycles. The zero-order valence-electron chi connectivity index (χ0n) is 10.1. The van der Waals surface area contributed by atoms with Crippen molar-refractivity contribution in [3.05, 3.63) is 11.6 Å². The highest BCUT2D eigenvalue weighted by molar-refractivity contribution is 5.79. The van der Waals surface area contributed by atoms with Gasteiger partial charge in [0.25, 0.3) is 0 Å². The molecule has 3 N–H and O–H groups in total. The van der Waals surface area contributed by atoms with E-state index in [0.29, 0.717) is 19.4 Å². The normalized spacial score (nSPS) is 13.2. The Morgan fingerprint density at radius 2 is 2.25 bits per heavy atom. The Hall–Kier alpha value is -1.34. The number of amides is 1. The van der Waals surface area contributed by atoms with E-state index in [9.17, 15) is 4.79 Å². The molecule has 0 radical (unpaired) electrons. The van der Waals surface area contributed by atoms with Gasteiger partial charge >= 0.3 is 0 Å². The molecule has 0 aromatic heterocycles. The Balaban J connectivity index is 4.20. The van der Waals surface area contributed by atoms with Crippen molar-refractivity contribution in [2.45, 2.75) is 45.6 Å². The lowest BCUT2D eigenvalue weighted by molar-refractivity contribution is -0.120. The molecule has 0 saturated carbocycles. The van der Waals surface area contributed by atoms with E-state index in [1.54, 1.807) is 0 Å². The number of rotatable bonds is 8. The number of nitrogens with zero attached hydrogens (tertiary/aromatic N) is 1. The molecule has 4 heteroatoms. The Kier molecular flexibility index (Phi) is 8.18. The number of hydrogen-bond acceptors (Lipinski definition) is 3. The second-order valence-electron chi connectivity index (χ2n) is 3.73. The molecular formula is C12H21N3O.